The average Bonchev–Trinajstić information content (AvgIpc) is 2.99. The van der Waals surface area contributed by atoms with E-state index >= 15 is 0 Å². The molecule has 2 nitrogen and oxygen atoms in total. The number of hydrogen-bond acceptors (Lipinski definition) is 3. The normalized spacial score (nSPS) is 14.1. The minimum Gasteiger partial charge on any atom is -0.497 e. The highest BCUT2D eigenvalue weighted by molar-refractivity contribution is 7.10. The molecule has 19 heavy (non-hydrogen) atoms. The average molecular weight is 275 g/mol. The Kier molecular flexibility index (Phi) is 5.00. The molecule has 0 aliphatic heterocycles. The number of rotatable bonds is 6. The van der Waals surface area contributed by atoms with Gasteiger partial charge in [-0.05, 0) is 42.5 Å². The molecule has 3 heteroatoms. The monoisotopic (exact) mass is 275 g/mol. The second-order valence-electron chi connectivity index (χ2n) is 4.64. The van der Waals surface area contributed by atoms with Gasteiger partial charge in [0.05, 0.1) is 7.11 Å². The summed E-state index contributed by atoms with van der Waals surface area (Å²) in [6, 6.07) is 13.4. The Morgan fingerprint density at radius 2 is 1.95 bits per heavy atom. The van der Waals surface area contributed by atoms with Crippen LogP contribution < -0.4 is 10.1 Å². The second-order valence-corrected chi connectivity index (χ2v) is 5.62. The smallest absolute Gasteiger partial charge is 0.118 e. The van der Waals surface area contributed by atoms with Gasteiger partial charge in [-0.1, -0.05) is 25.1 Å². The van der Waals surface area contributed by atoms with Crippen LogP contribution in [0.15, 0.2) is 41.8 Å². The molecule has 0 aliphatic rings. The molecule has 0 aliphatic carbocycles. The molecule has 2 atom stereocenters. The molecule has 0 bridgehead atoms. The van der Waals surface area contributed by atoms with Crippen LogP contribution in [-0.4, -0.2) is 7.11 Å². The van der Waals surface area contributed by atoms with Crippen molar-refractivity contribution in [2.24, 2.45) is 0 Å². The molecular formula is C16H21NOS. The summed E-state index contributed by atoms with van der Waals surface area (Å²) in [5, 5.41) is 5.82. The van der Waals surface area contributed by atoms with Gasteiger partial charge in [0.15, 0.2) is 0 Å². The third kappa shape index (κ3) is 3.58. The quantitative estimate of drug-likeness (QED) is 0.834. The van der Waals surface area contributed by atoms with E-state index in [9.17, 15) is 0 Å². The van der Waals surface area contributed by atoms with Gasteiger partial charge in [0.2, 0.25) is 0 Å². The van der Waals surface area contributed by atoms with Gasteiger partial charge in [0, 0.05) is 17.0 Å². The van der Waals surface area contributed by atoms with Gasteiger partial charge in [0.1, 0.15) is 5.75 Å². The lowest BCUT2D eigenvalue weighted by atomic mass is 10.0. The van der Waals surface area contributed by atoms with Crippen LogP contribution in [0.5, 0.6) is 5.75 Å². The van der Waals surface area contributed by atoms with Crippen LogP contribution in [0.3, 0.4) is 0 Å². The molecule has 2 aromatic rings. The van der Waals surface area contributed by atoms with Crippen LogP contribution >= 0.6 is 11.3 Å². The molecule has 2 rings (SSSR count). The van der Waals surface area contributed by atoms with Crippen molar-refractivity contribution in [2.45, 2.75) is 32.4 Å². The minimum absolute atomic E-state index is 0.378. The van der Waals surface area contributed by atoms with E-state index in [0.717, 1.165) is 12.2 Å². The summed E-state index contributed by atoms with van der Waals surface area (Å²) in [5.74, 6) is 0.907. The number of thiophene rings is 1. The molecule has 0 amide bonds. The van der Waals surface area contributed by atoms with E-state index in [1.165, 1.54) is 10.4 Å². The molecule has 0 spiro atoms. The Morgan fingerprint density at radius 1 is 1.21 bits per heavy atom. The van der Waals surface area contributed by atoms with Gasteiger partial charge < -0.3 is 10.1 Å². The Hall–Kier alpha value is -1.32. The highest BCUT2D eigenvalue weighted by Crippen LogP contribution is 2.25. The third-order valence-corrected chi connectivity index (χ3v) is 4.40. The predicted molar refractivity (Wildman–Crippen MR) is 81.9 cm³/mol. The molecule has 0 saturated carbocycles. The van der Waals surface area contributed by atoms with E-state index < -0.39 is 0 Å². The SMILES string of the molecule is CCC(N[C@H](C)c1cccs1)c1ccc(OC)cc1. The van der Waals surface area contributed by atoms with Gasteiger partial charge in [-0.15, -0.1) is 11.3 Å². The minimum atomic E-state index is 0.378. The number of methoxy groups -OCH3 is 1. The summed E-state index contributed by atoms with van der Waals surface area (Å²) < 4.78 is 5.20. The molecule has 1 unspecified atom stereocenters. The standard InChI is InChI=1S/C16H21NOS/c1-4-15(13-7-9-14(18-3)10-8-13)17-12(2)16-6-5-11-19-16/h5-12,15,17H,4H2,1-3H3/t12-,15?/m1/s1. The van der Waals surface area contributed by atoms with Gasteiger partial charge in [-0.25, -0.2) is 0 Å². The highest BCUT2D eigenvalue weighted by Gasteiger charge is 2.14. The van der Waals surface area contributed by atoms with Crippen molar-refractivity contribution in [3.63, 3.8) is 0 Å². The van der Waals surface area contributed by atoms with Crippen LogP contribution in [0.1, 0.15) is 42.8 Å². The zero-order valence-electron chi connectivity index (χ0n) is 11.7. The second kappa shape index (κ2) is 6.73. The first kappa shape index (κ1) is 14.1. The first-order valence-corrected chi connectivity index (χ1v) is 7.56. The summed E-state index contributed by atoms with van der Waals surface area (Å²) in [6.45, 7) is 4.43. The fourth-order valence-electron chi connectivity index (χ4n) is 2.21. The Balaban J connectivity index is 2.06. The third-order valence-electron chi connectivity index (χ3n) is 3.35. The molecule has 1 aromatic carbocycles. The van der Waals surface area contributed by atoms with Crippen molar-refractivity contribution < 1.29 is 4.74 Å². The Labute approximate surface area is 119 Å². The number of hydrogen-bond donors (Lipinski definition) is 1. The maximum absolute atomic E-state index is 5.20. The first-order valence-electron chi connectivity index (χ1n) is 6.68. The molecule has 0 fully saturated rings. The zero-order valence-corrected chi connectivity index (χ0v) is 12.5. The van der Waals surface area contributed by atoms with Gasteiger partial charge in [-0.2, -0.15) is 0 Å². The lowest BCUT2D eigenvalue weighted by molar-refractivity contribution is 0.413. The van der Waals surface area contributed by atoms with Crippen LogP contribution in [-0.2, 0) is 0 Å². The number of nitrogens with one attached hydrogen (secondary N) is 1. The lowest BCUT2D eigenvalue weighted by Crippen LogP contribution is -2.23. The Bertz CT molecular complexity index is 478. The molecular weight excluding hydrogens is 254 g/mol. The Morgan fingerprint density at radius 3 is 2.47 bits per heavy atom. The number of ether oxygens (including phenoxy) is 1. The summed E-state index contributed by atoms with van der Waals surface area (Å²) in [6.07, 6.45) is 1.07. The van der Waals surface area contributed by atoms with Crippen LogP contribution in [0, 0.1) is 0 Å². The van der Waals surface area contributed by atoms with Crippen molar-refractivity contribution in [3.8, 4) is 5.75 Å². The summed E-state index contributed by atoms with van der Waals surface area (Å²) in [4.78, 5) is 1.38. The zero-order chi connectivity index (χ0) is 13.7. The van der Waals surface area contributed by atoms with Crippen molar-refractivity contribution in [3.05, 3.63) is 52.2 Å². The molecule has 102 valence electrons. The molecule has 0 saturated heterocycles. The van der Waals surface area contributed by atoms with Crippen LogP contribution in [0.25, 0.3) is 0 Å². The van der Waals surface area contributed by atoms with E-state index in [4.69, 9.17) is 4.74 Å². The van der Waals surface area contributed by atoms with Crippen molar-refractivity contribution in [1.29, 1.82) is 0 Å². The lowest BCUT2D eigenvalue weighted by Gasteiger charge is -2.22. The fraction of sp³-hybridized carbons (Fsp3) is 0.375. The van der Waals surface area contributed by atoms with E-state index in [1.54, 1.807) is 18.4 Å². The largest absolute Gasteiger partial charge is 0.497 e. The van der Waals surface area contributed by atoms with Crippen LogP contribution in [0.2, 0.25) is 0 Å². The maximum atomic E-state index is 5.20. The van der Waals surface area contributed by atoms with E-state index in [0.29, 0.717) is 12.1 Å². The topological polar surface area (TPSA) is 21.3 Å². The molecule has 0 radical (unpaired) electrons. The maximum Gasteiger partial charge on any atom is 0.118 e. The van der Waals surface area contributed by atoms with E-state index in [-0.39, 0.29) is 0 Å². The van der Waals surface area contributed by atoms with E-state index in [2.05, 4.69) is 48.8 Å². The summed E-state index contributed by atoms with van der Waals surface area (Å²) in [5.41, 5.74) is 1.31. The predicted octanol–water partition coefficient (Wildman–Crippen LogP) is 4.56. The van der Waals surface area contributed by atoms with Crippen LogP contribution in [0.4, 0.5) is 0 Å². The van der Waals surface area contributed by atoms with Gasteiger partial charge >= 0.3 is 0 Å². The highest BCUT2D eigenvalue weighted by atomic mass is 32.1. The van der Waals surface area contributed by atoms with Crippen molar-refractivity contribution in [2.75, 3.05) is 7.11 Å². The van der Waals surface area contributed by atoms with E-state index in [1.807, 2.05) is 12.1 Å². The molecule has 1 aromatic heterocycles. The summed E-state index contributed by atoms with van der Waals surface area (Å²) in [7, 11) is 1.70. The van der Waals surface area contributed by atoms with Gasteiger partial charge in [0.25, 0.3) is 0 Å². The number of benzene rings is 1. The summed E-state index contributed by atoms with van der Waals surface area (Å²) >= 11 is 1.80. The molecule has 1 heterocycles. The fourth-order valence-corrected chi connectivity index (χ4v) is 2.95. The van der Waals surface area contributed by atoms with Crippen molar-refractivity contribution >= 4 is 11.3 Å². The van der Waals surface area contributed by atoms with Gasteiger partial charge in [-0.3, -0.25) is 0 Å². The van der Waals surface area contributed by atoms with Crippen molar-refractivity contribution in [1.82, 2.24) is 5.32 Å². The first-order chi connectivity index (χ1) is 9.24. The molecule has 1 N–H and O–H groups in total.